The summed E-state index contributed by atoms with van der Waals surface area (Å²) in [6.45, 7) is 2.42. The van der Waals surface area contributed by atoms with Crippen molar-refractivity contribution in [1.29, 1.82) is 0 Å². The number of benzene rings is 1. The van der Waals surface area contributed by atoms with Gasteiger partial charge in [0, 0.05) is 24.0 Å². The van der Waals surface area contributed by atoms with E-state index in [4.69, 9.17) is 0 Å². The van der Waals surface area contributed by atoms with Gasteiger partial charge in [0.25, 0.3) is 0 Å². The second-order valence-corrected chi connectivity index (χ2v) is 5.82. The van der Waals surface area contributed by atoms with Crippen molar-refractivity contribution >= 4 is 15.9 Å². The van der Waals surface area contributed by atoms with Crippen molar-refractivity contribution in [3.05, 3.63) is 35.9 Å². The van der Waals surface area contributed by atoms with Gasteiger partial charge >= 0.3 is 0 Å². The summed E-state index contributed by atoms with van der Waals surface area (Å²) in [7, 11) is 0. The van der Waals surface area contributed by atoms with E-state index >= 15 is 0 Å². The molecule has 0 N–H and O–H groups in total. The number of piperidine rings is 1. The molecule has 1 aliphatic carbocycles. The number of alkyl halides is 1. The lowest BCUT2D eigenvalue weighted by Crippen LogP contribution is -2.32. The Morgan fingerprint density at radius 2 is 2.00 bits per heavy atom. The van der Waals surface area contributed by atoms with Crippen LogP contribution in [0.3, 0.4) is 0 Å². The molecule has 0 aromatic heterocycles. The molecule has 3 rings (SSSR count). The minimum atomic E-state index is 0.751. The largest absolute Gasteiger partial charge is 0.295 e. The zero-order valence-electron chi connectivity index (χ0n) is 8.77. The maximum Gasteiger partial charge on any atom is 0.0342 e. The normalized spacial score (nSPS) is 34.9. The summed E-state index contributed by atoms with van der Waals surface area (Å²) >= 11 is 3.84. The van der Waals surface area contributed by atoms with Crippen molar-refractivity contribution in [2.45, 2.75) is 30.3 Å². The van der Waals surface area contributed by atoms with Crippen LogP contribution in [0.5, 0.6) is 0 Å². The van der Waals surface area contributed by atoms with E-state index in [1.165, 1.54) is 24.9 Å². The van der Waals surface area contributed by atoms with Crippen molar-refractivity contribution in [2.24, 2.45) is 5.92 Å². The molecule has 0 spiro atoms. The Hall–Kier alpha value is -0.340. The molecule has 1 aliphatic heterocycles. The van der Waals surface area contributed by atoms with Crippen molar-refractivity contribution in [3.8, 4) is 0 Å². The second-order valence-electron chi connectivity index (χ2n) is 4.76. The summed E-state index contributed by atoms with van der Waals surface area (Å²) in [6, 6.07) is 11.6. The monoisotopic (exact) mass is 265 g/mol. The average molecular weight is 266 g/mol. The Morgan fingerprint density at radius 3 is 2.60 bits per heavy atom. The number of halogens is 1. The Bertz CT molecular complexity index is 338. The van der Waals surface area contributed by atoms with Crippen LogP contribution in [0.2, 0.25) is 0 Å². The quantitative estimate of drug-likeness (QED) is 0.744. The molecule has 1 nitrogen and oxygen atoms in total. The molecule has 2 heteroatoms. The van der Waals surface area contributed by atoms with Crippen LogP contribution in [0.1, 0.15) is 18.4 Å². The molecule has 1 heterocycles. The fourth-order valence-corrected chi connectivity index (χ4v) is 4.06. The SMILES string of the molecule is Br[C@@H]1[C@@H]2CC[C@H]1N(Cc1ccccc1)C2. The van der Waals surface area contributed by atoms with Gasteiger partial charge in [0.2, 0.25) is 0 Å². The van der Waals surface area contributed by atoms with Gasteiger partial charge in [0.1, 0.15) is 0 Å². The van der Waals surface area contributed by atoms with Crippen LogP contribution < -0.4 is 0 Å². The molecule has 1 saturated carbocycles. The molecule has 0 unspecified atom stereocenters. The summed E-state index contributed by atoms with van der Waals surface area (Å²) in [5.41, 5.74) is 1.45. The summed E-state index contributed by atoms with van der Waals surface area (Å²) in [5, 5.41) is 0. The summed E-state index contributed by atoms with van der Waals surface area (Å²) < 4.78 is 0. The van der Waals surface area contributed by atoms with Gasteiger partial charge < -0.3 is 0 Å². The highest BCUT2D eigenvalue weighted by atomic mass is 79.9. The van der Waals surface area contributed by atoms with Crippen LogP contribution in [-0.2, 0) is 6.54 Å². The molecule has 2 aliphatic rings. The van der Waals surface area contributed by atoms with Gasteiger partial charge in [-0.3, -0.25) is 4.90 Å². The maximum absolute atomic E-state index is 3.84. The Balaban J connectivity index is 1.71. The molecule has 1 saturated heterocycles. The summed E-state index contributed by atoms with van der Waals surface area (Å²) in [4.78, 5) is 3.39. The lowest BCUT2D eigenvalue weighted by Gasteiger charge is -2.26. The van der Waals surface area contributed by atoms with Gasteiger partial charge in [-0.2, -0.15) is 0 Å². The van der Waals surface area contributed by atoms with Crippen LogP contribution in [0.4, 0.5) is 0 Å². The number of nitrogens with zero attached hydrogens (tertiary/aromatic N) is 1. The minimum absolute atomic E-state index is 0.751. The molecule has 2 fully saturated rings. The van der Waals surface area contributed by atoms with E-state index in [1.54, 1.807) is 0 Å². The number of hydrogen-bond donors (Lipinski definition) is 0. The van der Waals surface area contributed by atoms with Crippen molar-refractivity contribution < 1.29 is 0 Å². The molecule has 3 atom stereocenters. The van der Waals surface area contributed by atoms with Crippen molar-refractivity contribution in [3.63, 3.8) is 0 Å². The van der Waals surface area contributed by atoms with Crippen molar-refractivity contribution in [2.75, 3.05) is 6.54 Å². The molecule has 0 radical (unpaired) electrons. The van der Waals surface area contributed by atoms with Crippen LogP contribution >= 0.6 is 15.9 Å². The van der Waals surface area contributed by atoms with E-state index in [9.17, 15) is 0 Å². The molecule has 2 bridgehead atoms. The topological polar surface area (TPSA) is 3.24 Å². The van der Waals surface area contributed by atoms with E-state index in [-0.39, 0.29) is 0 Å². The first-order chi connectivity index (χ1) is 7.34. The molecular weight excluding hydrogens is 250 g/mol. The molecule has 80 valence electrons. The average Bonchev–Trinajstić information content (AvgIpc) is 2.75. The predicted octanol–water partition coefficient (Wildman–Crippen LogP) is 3.04. The van der Waals surface area contributed by atoms with Crippen LogP contribution in [0.25, 0.3) is 0 Å². The molecule has 1 aromatic rings. The predicted molar refractivity (Wildman–Crippen MR) is 66.1 cm³/mol. The lowest BCUT2D eigenvalue weighted by molar-refractivity contribution is 0.206. The Morgan fingerprint density at radius 1 is 1.20 bits per heavy atom. The van der Waals surface area contributed by atoms with Crippen LogP contribution in [-0.4, -0.2) is 22.3 Å². The van der Waals surface area contributed by atoms with Crippen LogP contribution in [0, 0.1) is 5.92 Å². The van der Waals surface area contributed by atoms with Gasteiger partial charge in [-0.15, -0.1) is 0 Å². The molecule has 1 aromatic carbocycles. The van der Waals surface area contributed by atoms with Gasteiger partial charge in [-0.25, -0.2) is 0 Å². The van der Waals surface area contributed by atoms with E-state index in [2.05, 4.69) is 51.2 Å². The summed E-state index contributed by atoms with van der Waals surface area (Å²) in [6.07, 6.45) is 2.80. The summed E-state index contributed by atoms with van der Waals surface area (Å²) in [5.74, 6) is 0.902. The van der Waals surface area contributed by atoms with Gasteiger partial charge in [0.05, 0.1) is 0 Å². The van der Waals surface area contributed by atoms with E-state index in [0.717, 1.165) is 23.3 Å². The first-order valence-electron chi connectivity index (χ1n) is 5.76. The smallest absolute Gasteiger partial charge is 0.0342 e. The Kier molecular flexibility index (Phi) is 2.57. The molecule has 15 heavy (non-hydrogen) atoms. The number of likely N-dealkylation sites (tertiary alicyclic amines) is 1. The minimum Gasteiger partial charge on any atom is -0.295 e. The third kappa shape index (κ3) is 1.74. The zero-order chi connectivity index (χ0) is 10.3. The Labute approximate surface area is 99.6 Å². The van der Waals surface area contributed by atoms with E-state index < -0.39 is 0 Å². The van der Waals surface area contributed by atoms with Gasteiger partial charge in [0.15, 0.2) is 0 Å². The number of hydrogen-bond acceptors (Lipinski definition) is 1. The second kappa shape index (κ2) is 3.91. The fraction of sp³-hybridized carbons (Fsp3) is 0.538. The zero-order valence-corrected chi connectivity index (χ0v) is 10.4. The molecule has 0 amide bonds. The molecular formula is C13H16BrN. The van der Waals surface area contributed by atoms with Crippen molar-refractivity contribution in [1.82, 2.24) is 4.90 Å². The fourth-order valence-electron chi connectivity index (χ4n) is 3.03. The first-order valence-corrected chi connectivity index (χ1v) is 6.68. The number of rotatable bonds is 2. The van der Waals surface area contributed by atoms with Gasteiger partial charge in [-0.1, -0.05) is 46.3 Å². The van der Waals surface area contributed by atoms with Gasteiger partial charge in [-0.05, 0) is 24.3 Å². The third-order valence-corrected chi connectivity index (χ3v) is 5.18. The standard InChI is InChI=1S/C13H16BrN/c14-13-11-6-7-12(13)15(9-11)8-10-4-2-1-3-5-10/h1-5,11-13H,6-9H2/t11-,12-,13-/m1/s1. The van der Waals surface area contributed by atoms with E-state index in [1.807, 2.05) is 0 Å². The first kappa shape index (κ1) is 9.86. The highest BCUT2D eigenvalue weighted by molar-refractivity contribution is 9.09. The highest BCUT2D eigenvalue weighted by Gasteiger charge is 2.44. The third-order valence-electron chi connectivity index (χ3n) is 3.82. The maximum atomic E-state index is 3.84. The van der Waals surface area contributed by atoms with Crippen LogP contribution in [0.15, 0.2) is 30.3 Å². The lowest BCUT2D eigenvalue weighted by atomic mass is 10.1. The number of fused-ring (bicyclic) bond motifs is 2. The van der Waals surface area contributed by atoms with E-state index in [0.29, 0.717) is 0 Å². The highest BCUT2D eigenvalue weighted by Crippen LogP contribution is 2.42.